The lowest BCUT2D eigenvalue weighted by Gasteiger charge is -2.06. The molecule has 3 rings (SSSR count). The summed E-state index contributed by atoms with van der Waals surface area (Å²) in [5.41, 5.74) is 2.72. The van der Waals surface area contributed by atoms with Crippen LogP contribution in [-0.2, 0) is 30.2 Å². The number of amides is 1. The van der Waals surface area contributed by atoms with Crippen LogP contribution in [0.4, 0.5) is 0 Å². The first-order valence-corrected chi connectivity index (χ1v) is 8.44. The van der Waals surface area contributed by atoms with E-state index in [1.807, 2.05) is 0 Å². The van der Waals surface area contributed by atoms with Crippen molar-refractivity contribution in [2.24, 2.45) is 19.2 Å². The average Bonchev–Trinajstić information content (AvgIpc) is 3.14. The van der Waals surface area contributed by atoms with E-state index >= 15 is 0 Å². The number of methoxy groups -OCH3 is 1. The van der Waals surface area contributed by atoms with E-state index < -0.39 is 23.1 Å². The normalized spacial score (nSPS) is 11.1. The molecule has 1 amide bonds. The molecule has 0 aliphatic rings. The Kier molecular flexibility index (Phi) is 5.39. The summed E-state index contributed by atoms with van der Waals surface area (Å²) >= 11 is 0. The van der Waals surface area contributed by atoms with Crippen LogP contribution in [-0.4, -0.2) is 43.9 Å². The number of benzene rings is 1. The number of aromatic nitrogens is 4. The minimum absolute atomic E-state index is 0.145. The molecule has 11 heteroatoms. The molecule has 0 fully saturated rings. The number of hydrogen-bond acceptors (Lipinski definition) is 7. The van der Waals surface area contributed by atoms with Crippen molar-refractivity contribution in [3.63, 3.8) is 0 Å². The van der Waals surface area contributed by atoms with Crippen LogP contribution in [0.1, 0.15) is 15.9 Å². The van der Waals surface area contributed by atoms with Gasteiger partial charge in [0.05, 0.1) is 25.2 Å². The Hall–Kier alpha value is -4.02. The van der Waals surface area contributed by atoms with Gasteiger partial charge in [-0.25, -0.2) is 20.0 Å². The largest absolute Gasteiger partial charge is 0.465 e. The maximum atomic E-state index is 12.4. The number of imidazole rings is 1. The van der Waals surface area contributed by atoms with Crippen molar-refractivity contribution in [1.29, 1.82) is 0 Å². The number of fused-ring (bicyclic) bond motifs is 1. The van der Waals surface area contributed by atoms with Crippen LogP contribution in [0.3, 0.4) is 0 Å². The van der Waals surface area contributed by atoms with Gasteiger partial charge in [0.25, 0.3) is 11.5 Å². The minimum atomic E-state index is -0.539. The van der Waals surface area contributed by atoms with Gasteiger partial charge >= 0.3 is 11.7 Å². The Balaban J connectivity index is 1.72. The maximum absolute atomic E-state index is 12.4. The Morgan fingerprint density at radius 2 is 1.86 bits per heavy atom. The number of ether oxygens (including phenoxy) is 1. The molecule has 1 N–H and O–H groups in total. The number of rotatable bonds is 5. The van der Waals surface area contributed by atoms with E-state index in [-0.39, 0.29) is 17.7 Å². The van der Waals surface area contributed by atoms with Crippen molar-refractivity contribution in [3.05, 3.63) is 62.6 Å². The summed E-state index contributed by atoms with van der Waals surface area (Å²) in [4.78, 5) is 51.9. The molecule has 0 bridgehead atoms. The Morgan fingerprint density at radius 3 is 2.52 bits per heavy atom. The van der Waals surface area contributed by atoms with Crippen LogP contribution in [0.15, 0.2) is 45.3 Å². The second-order valence-corrected chi connectivity index (χ2v) is 6.16. The zero-order chi connectivity index (χ0) is 21.1. The first-order valence-electron chi connectivity index (χ1n) is 8.44. The maximum Gasteiger partial charge on any atom is 0.337 e. The molecule has 11 nitrogen and oxygen atoms in total. The fourth-order valence-electron chi connectivity index (χ4n) is 2.71. The van der Waals surface area contributed by atoms with E-state index in [9.17, 15) is 19.2 Å². The Morgan fingerprint density at radius 1 is 1.17 bits per heavy atom. The Bertz CT molecular complexity index is 1230. The third-order valence-corrected chi connectivity index (χ3v) is 4.27. The molecule has 0 radical (unpaired) electrons. The molecule has 0 saturated heterocycles. The zero-order valence-corrected chi connectivity index (χ0v) is 15.9. The highest BCUT2D eigenvalue weighted by atomic mass is 16.5. The highest BCUT2D eigenvalue weighted by molar-refractivity contribution is 5.90. The minimum Gasteiger partial charge on any atom is -0.465 e. The topological polar surface area (TPSA) is 130 Å². The van der Waals surface area contributed by atoms with E-state index in [2.05, 4.69) is 20.2 Å². The molecular weight excluding hydrogens is 380 g/mol. The molecule has 0 spiro atoms. The van der Waals surface area contributed by atoms with Gasteiger partial charge in [-0.2, -0.15) is 5.10 Å². The van der Waals surface area contributed by atoms with Gasteiger partial charge in [-0.05, 0) is 17.7 Å². The number of aryl methyl sites for hydroxylation is 1. The fourth-order valence-corrected chi connectivity index (χ4v) is 2.71. The summed E-state index contributed by atoms with van der Waals surface area (Å²) in [7, 11) is 4.15. The molecule has 0 unspecified atom stereocenters. The SMILES string of the molecule is COC(=O)c1ccc(C=NNC(=O)Cn2cnc3c2c(=O)n(C)c(=O)n3C)cc1. The van der Waals surface area contributed by atoms with Crippen LogP contribution in [0, 0.1) is 0 Å². The Labute approximate surface area is 163 Å². The molecule has 150 valence electrons. The zero-order valence-electron chi connectivity index (χ0n) is 15.9. The molecule has 1 aromatic carbocycles. The number of hydrogen-bond donors (Lipinski definition) is 1. The standard InChI is InChI=1S/C18H18N6O5/c1-22-15-14(16(26)23(2)18(22)28)24(10-19-15)9-13(25)21-20-8-11-4-6-12(7-5-11)17(27)29-3/h4-8,10H,9H2,1-3H3,(H,21,25). The van der Waals surface area contributed by atoms with E-state index in [1.54, 1.807) is 24.3 Å². The fraction of sp³-hybridized carbons (Fsp3) is 0.222. The lowest BCUT2D eigenvalue weighted by Crippen LogP contribution is -2.38. The second-order valence-electron chi connectivity index (χ2n) is 6.16. The van der Waals surface area contributed by atoms with E-state index in [0.717, 1.165) is 4.57 Å². The number of esters is 1. The van der Waals surface area contributed by atoms with Crippen LogP contribution < -0.4 is 16.7 Å². The van der Waals surface area contributed by atoms with Crippen LogP contribution in [0.2, 0.25) is 0 Å². The first kappa shape index (κ1) is 19.7. The van der Waals surface area contributed by atoms with Gasteiger partial charge in [-0.15, -0.1) is 0 Å². The van der Waals surface area contributed by atoms with Gasteiger partial charge in [0, 0.05) is 14.1 Å². The predicted octanol–water partition coefficient (Wildman–Crippen LogP) is -0.629. The van der Waals surface area contributed by atoms with E-state index in [1.165, 1.54) is 42.9 Å². The smallest absolute Gasteiger partial charge is 0.337 e. The van der Waals surface area contributed by atoms with Crippen LogP contribution in [0.5, 0.6) is 0 Å². The van der Waals surface area contributed by atoms with Crippen molar-refractivity contribution < 1.29 is 14.3 Å². The van der Waals surface area contributed by atoms with Gasteiger partial charge in [-0.1, -0.05) is 12.1 Å². The molecular formula is C18H18N6O5. The number of hydrazone groups is 1. The molecule has 0 saturated carbocycles. The van der Waals surface area contributed by atoms with Crippen molar-refractivity contribution in [2.45, 2.75) is 6.54 Å². The second kappa shape index (κ2) is 7.92. The van der Waals surface area contributed by atoms with Crippen molar-refractivity contribution in [3.8, 4) is 0 Å². The number of nitrogens with one attached hydrogen (secondary N) is 1. The van der Waals surface area contributed by atoms with Crippen molar-refractivity contribution >= 4 is 29.3 Å². The molecule has 2 heterocycles. The van der Waals surface area contributed by atoms with E-state index in [0.29, 0.717) is 11.1 Å². The summed E-state index contributed by atoms with van der Waals surface area (Å²) in [6.45, 7) is -0.206. The third kappa shape index (κ3) is 3.83. The predicted molar refractivity (Wildman–Crippen MR) is 104 cm³/mol. The molecule has 0 atom stereocenters. The number of carbonyl (C=O) groups is 2. The summed E-state index contributed by atoms with van der Waals surface area (Å²) in [5, 5.41) is 3.86. The lowest BCUT2D eigenvalue weighted by atomic mass is 10.1. The molecule has 3 aromatic rings. The molecule has 2 aromatic heterocycles. The third-order valence-electron chi connectivity index (χ3n) is 4.27. The van der Waals surface area contributed by atoms with Crippen LogP contribution in [0.25, 0.3) is 11.2 Å². The van der Waals surface area contributed by atoms with Gasteiger partial charge in [0.2, 0.25) is 0 Å². The van der Waals surface area contributed by atoms with E-state index in [4.69, 9.17) is 0 Å². The van der Waals surface area contributed by atoms with Crippen molar-refractivity contribution in [1.82, 2.24) is 24.1 Å². The van der Waals surface area contributed by atoms with Gasteiger partial charge in [-0.3, -0.25) is 18.7 Å². The van der Waals surface area contributed by atoms with Crippen molar-refractivity contribution in [2.75, 3.05) is 7.11 Å². The number of nitrogens with zero attached hydrogens (tertiary/aromatic N) is 5. The van der Waals surface area contributed by atoms with Gasteiger partial charge < -0.3 is 9.30 Å². The molecule has 0 aliphatic carbocycles. The first-order chi connectivity index (χ1) is 13.8. The molecule has 29 heavy (non-hydrogen) atoms. The molecule has 0 aliphatic heterocycles. The lowest BCUT2D eigenvalue weighted by molar-refractivity contribution is -0.121. The van der Waals surface area contributed by atoms with Gasteiger partial charge in [0.1, 0.15) is 6.54 Å². The summed E-state index contributed by atoms with van der Waals surface area (Å²) in [6.07, 6.45) is 2.73. The average molecular weight is 398 g/mol. The quantitative estimate of drug-likeness (QED) is 0.346. The highest BCUT2D eigenvalue weighted by Crippen LogP contribution is 2.05. The summed E-state index contributed by atoms with van der Waals surface area (Å²) in [6, 6.07) is 6.45. The number of carbonyl (C=O) groups excluding carboxylic acids is 2. The van der Waals surface area contributed by atoms with Gasteiger partial charge in [0.15, 0.2) is 11.2 Å². The highest BCUT2D eigenvalue weighted by Gasteiger charge is 2.15. The van der Waals surface area contributed by atoms with Crippen LogP contribution >= 0.6 is 0 Å². The summed E-state index contributed by atoms with van der Waals surface area (Å²) in [5.74, 6) is -0.930. The summed E-state index contributed by atoms with van der Waals surface area (Å²) < 4.78 is 8.16. The monoisotopic (exact) mass is 398 g/mol.